The SMILES string of the molecule is Cl.NCC(F)(F)CNC(=O)C1(c2ccccc2)CC1. The normalized spacial score (nSPS) is 16.4. The van der Waals surface area contributed by atoms with Crippen molar-refractivity contribution in [2.24, 2.45) is 5.73 Å². The van der Waals surface area contributed by atoms with Gasteiger partial charge in [-0.05, 0) is 18.4 Å². The van der Waals surface area contributed by atoms with E-state index in [2.05, 4.69) is 5.32 Å². The number of hydrogen-bond donors (Lipinski definition) is 2. The molecule has 0 radical (unpaired) electrons. The van der Waals surface area contributed by atoms with Crippen LogP contribution in [0, 0.1) is 0 Å². The minimum absolute atomic E-state index is 0. The maximum atomic E-state index is 13.0. The van der Waals surface area contributed by atoms with Gasteiger partial charge in [0.15, 0.2) is 0 Å². The average Bonchev–Trinajstić information content (AvgIpc) is 3.19. The van der Waals surface area contributed by atoms with E-state index in [1.54, 1.807) is 0 Å². The van der Waals surface area contributed by atoms with Crippen LogP contribution in [0.25, 0.3) is 0 Å². The first-order chi connectivity index (χ1) is 8.50. The third kappa shape index (κ3) is 3.42. The Morgan fingerprint density at radius 1 is 1.32 bits per heavy atom. The molecule has 3 nitrogen and oxygen atoms in total. The fourth-order valence-corrected chi connectivity index (χ4v) is 1.98. The second-order valence-corrected chi connectivity index (χ2v) is 4.69. The third-order valence-electron chi connectivity index (χ3n) is 3.32. The number of nitrogens with two attached hydrogens (primary N) is 1. The largest absolute Gasteiger partial charge is 0.349 e. The molecule has 2 rings (SSSR count). The molecule has 1 amide bonds. The van der Waals surface area contributed by atoms with Gasteiger partial charge < -0.3 is 11.1 Å². The molecule has 6 heteroatoms. The van der Waals surface area contributed by atoms with E-state index in [1.807, 2.05) is 30.3 Å². The predicted octanol–water partition coefficient (Wildman–Crippen LogP) is 1.85. The van der Waals surface area contributed by atoms with Crippen LogP contribution in [0.4, 0.5) is 8.78 Å². The van der Waals surface area contributed by atoms with E-state index < -0.39 is 24.4 Å². The smallest absolute Gasteiger partial charge is 0.277 e. The molecule has 0 bridgehead atoms. The van der Waals surface area contributed by atoms with Crippen molar-refractivity contribution in [1.29, 1.82) is 0 Å². The van der Waals surface area contributed by atoms with Gasteiger partial charge in [-0.2, -0.15) is 0 Å². The van der Waals surface area contributed by atoms with E-state index in [-0.39, 0.29) is 18.3 Å². The molecule has 3 N–H and O–H groups in total. The standard InChI is InChI=1S/C13H16F2N2O.ClH/c14-13(15,8-16)9-17-11(18)12(6-7-12)10-4-2-1-3-5-10;/h1-5H,6-9,16H2,(H,17,18);1H. The number of amides is 1. The van der Waals surface area contributed by atoms with Gasteiger partial charge in [-0.3, -0.25) is 4.79 Å². The van der Waals surface area contributed by atoms with Crippen molar-refractivity contribution in [2.75, 3.05) is 13.1 Å². The summed E-state index contributed by atoms with van der Waals surface area (Å²) in [6.07, 6.45) is 1.41. The molecule has 1 saturated carbocycles. The number of carbonyl (C=O) groups excluding carboxylic acids is 1. The molecule has 0 aromatic heterocycles. The number of hydrogen-bond acceptors (Lipinski definition) is 2. The lowest BCUT2D eigenvalue weighted by Gasteiger charge is -2.19. The lowest BCUT2D eigenvalue weighted by atomic mass is 9.95. The summed E-state index contributed by atoms with van der Waals surface area (Å²) >= 11 is 0. The van der Waals surface area contributed by atoms with Gasteiger partial charge in [-0.25, -0.2) is 8.78 Å². The first kappa shape index (κ1) is 15.9. The van der Waals surface area contributed by atoms with Crippen LogP contribution in [0.1, 0.15) is 18.4 Å². The highest BCUT2D eigenvalue weighted by atomic mass is 35.5. The van der Waals surface area contributed by atoms with E-state index in [9.17, 15) is 13.6 Å². The van der Waals surface area contributed by atoms with E-state index in [4.69, 9.17) is 5.73 Å². The molecule has 0 aliphatic heterocycles. The highest BCUT2D eigenvalue weighted by Crippen LogP contribution is 2.48. The lowest BCUT2D eigenvalue weighted by molar-refractivity contribution is -0.125. The number of carbonyl (C=O) groups is 1. The number of halogens is 3. The molecule has 0 atom stereocenters. The molecule has 0 unspecified atom stereocenters. The summed E-state index contributed by atoms with van der Waals surface area (Å²) in [4.78, 5) is 12.0. The van der Waals surface area contributed by atoms with Gasteiger partial charge in [-0.1, -0.05) is 30.3 Å². The summed E-state index contributed by atoms with van der Waals surface area (Å²) in [6.45, 7) is -1.46. The minimum Gasteiger partial charge on any atom is -0.349 e. The van der Waals surface area contributed by atoms with Crippen molar-refractivity contribution < 1.29 is 13.6 Å². The van der Waals surface area contributed by atoms with Crippen molar-refractivity contribution in [3.8, 4) is 0 Å². The molecule has 1 fully saturated rings. The van der Waals surface area contributed by atoms with Crippen molar-refractivity contribution in [2.45, 2.75) is 24.2 Å². The number of rotatable bonds is 5. The summed E-state index contributed by atoms with van der Waals surface area (Å²) in [7, 11) is 0. The molecular formula is C13H17ClF2N2O. The Bertz CT molecular complexity index is 436. The Morgan fingerprint density at radius 2 is 1.89 bits per heavy atom. The number of alkyl halides is 2. The quantitative estimate of drug-likeness (QED) is 0.869. The zero-order chi connectivity index (χ0) is 13.2. The van der Waals surface area contributed by atoms with E-state index in [1.165, 1.54) is 0 Å². The van der Waals surface area contributed by atoms with Crippen LogP contribution < -0.4 is 11.1 Å². The van der Waals surface area contributed by atoms with Crippen LogP contribution >= 0.6 is 12.4 Å². The van der Waals surface area contributed by atoms with Crippen LogP contribution in [0.3, 0.4) is 0 Å². The maximum absolute atomic E-state index is 13.0. The summed E-state index contributed by atoms with van der Waals surface area (Å²) in [5, 5.41) is 2.31. The summed E-state index contributed by atoms with van der Waals surface area (Å²) in [5.41, 5.74) is 5.21. The van der Waals surface area contributed by atoms with E-state index in [0.717, 1.165) is 5.56 Å². The molecule has 1 aliphatic rings. The third-order valence-corrected chi connectivity index (χ3v) is 3.32. The van der Waals surface area contributed by atoms with Crippen LogP contribution in [-0.2, 0) is 10.2 Å². The fourth-order valence-electron chi connectivity index (χ4n) is 1.98. The van der Waals surface area contributed by atoms with Crippen LogP contribution in [-0.4, -0.2) is 24.9 Å². The predicted molar refractivity (Wildman–Crippen MR) is 71.6 cm³/mol. The molecule has 0 spiro atoms. The summed E-state index contributed by atoms with van der Waals surface area (Å²) in [5.74, 6) is -3.37. The maximum Gasteiger partial charge on any atom is 0.277 e. The molecule has 1 aliphatic carbocycles. The van der Waals surface area contributed by atoms with Crippen molar-refractivity contribution in [3.63, 3.8) is 0 Å². The first-order valence-corrected chi connectivity index (χ1v) is 5.92. The minimum atomic E-state index is -3.04. The molecule has 19 heavy (non-hydrogen) atoms. The molecular weight excluding hydrogens is 274 g/mol. The lowest BCUT2D eigenvalue weighted by Crippen LogP contribution is -2.45. The monoisotopic (exact) mass is 290 g/mol. The second-order valence-electron chi connectivity index (χ2n) is 4.69. The summed E-state index contributed by atoms with van der Waals surface area (Å²) < 4.78 is 26.0. The van der Waals surface area contributed by atoms with Gasteiger partial charge in [-0.15, -0.1) is 12.4 Å². The number of benzene rings is 1. The Labute approximate surface area is 117 Å². The Kier molecular flexibility index (Phi) is 4.87. The molecule has 106 valence electrons. The van der Waals surface area contributed by atoms with Gasteiger partial charge in [0.05, 0.1) is 18.5 Å². The highest BCUT2D eigenvalue weighted by Gasteiger charge is 2.51. The Balaban J connectivity index is 0.00000180. The molecule has 1 aromatic carbocycles. The van der Waals surface area contributed by atoms with Gasteiger partial charge >= 0.3 is 0 Å². The first-order valence-electron chi connectivity index (χ1n) is 5.92. The fraction of sp³-hybridized carbons (Fsp3) is 0.462. The van der Waals surface area contributed by atoms with Crippen molar-refractivity contribution >= 4 is 18.3 Å². The highest BCUT2D eigenvalue weighted by molar-refractivity contribution is 5.91. The van der Waals surface area contributed by atoms with Gasteiger partial charge in [0.25, 0.3) is 5.92 Å². The molecule has 1 aromatic rings. The zero-order valence-electron chi connectivity index (χ0n) is 10.4. The van der Waals surface area contributed by atoms with Crippen molar-refractivity contribution in [3.05, 3.63) is 35.9 Å². The van der Waals surface area contributed by atoms with Crippen LogP contribution in [0.5, 0.6) is 0 Å². The van der Waals surface area contributed by atoms with Crippen LogP contribution in [0.2, 0.25) is 0 Å². The van der Waals surface area contributed by atoms with Crippen molar-refractivity contribution in [1.82, 2.24) is 5.32 Å². The average molecular weight is 291 g/mol. The second kappa shape index (κ2) is 5.84. The van der Waals surface area contributed by atoms with Gasteiger partial charge in [0.2, 0.25) is 5.91 Å². The Morgan fingerprint density at radius 3 is 2.37 bits per heavy atom. The summed E-state index contributed by atoms with van der Waals surface area (Å²) in [6, 6.07) is 9.26. The molecule has 0 saturated heterocycles. The van der Waals surface area contributed by atoms with Crippen LogP contribution in [0.15, 0.2) is 30.3 Å². The molecule has 0 heterocycles. The van der Waals surface area contributed by atoms with Gasteiger partial charge in [0, 0.05) is 0 Å². The Hall–Kier alpha value is -1.20. The zero-order valence-corrected chi connectivity index (χ0v) is 11.2. The van der Waals surface area contributed by atoms with E-state index in [0.29, 0.717) is 12.8 Å². The van der Waals surface area contributed by atoms with Gasteiger partial charge in [0.1, 0.15) is 0 Å². The topological polar surface area (TPSA) is 55.1 Å². The van der Waals surface area contributed by atoms with E-state index >= 15 is 0 Å². The number of nitrogens with one attached hydrogen (secondary N) is 1.